The minimum atomic E-state index is -0.169. The molecule has 1 amide bonds. The van der Waals surface area contributed by atoms with E-state index in [0.717, 1.165) is 16.9 Å². The van der Waals surface area contributed by atoms with Crippen LogP contribution in [0.1, 0.15) is 18.1 Å². The number of benzene rings is 2. The van der Waals surface area contributed by atoms with Crippen LogP contribution in [-0.4, -0.2) is 34.5 Å². The average molecular weight is 388 g/mol. The first kappa shape index (κ1) is 18.5. The van der Waals surface area contributed by atoms with Crippen molar-refractivity contribution in [3.05, 3.63) is 64.7 Å². The van der Waals surface area contributed by atoms with Crippen molar-refractivity contribution in [1.82, 2.24) is 4.90 Å². The SMILES string of the molecule is COc1ccc(CN2C(=O)C(C)S/C2=N/N=C/c2ccc(Cl)cc2)cc1. The van der Waals surface area contributed by atoms with Crippen molar-refractivity contribution in [1.29, 1.82) is 0 Å². The second-order valence-corrected chi connectivity index (χ2v) is 7.46. The molecular formula is C19H18ClN3O2S. The second kappa shape index (κ2) is 8.38. The Morgan fingerprint density at radius 2 is 1.88 bits per heavy atom. The van der Waals surface area contributed by atoms with E-state index in [1.165, 1.54) is 11.8 Å². The zero-order chi connectivity index (χ0) is 18.5. The Bertz CT molecular complexity index is 835. The Hall–Kier alpha value is -2.31. The van der Waals surface area contributed by atoms with Gasteiger partial charge in [-0.2, -0.15) is 5.10 Å². The van der Waals surface area contributed by atoms with Crippen molar-refractivity contribution in [3.8, 4) is 5.75 Å². The number of amides is 1. The van der Waals surface area contributed by atoms with Crippen molar-refractivity contribution in [2.45, 2.75) is 18.7 Å². The number of halogens is 1. The summed E-state index contributed by atoms with van der Waals surface area (Å²) in [5, 5.41) is 9.48. The molecule has 2 aromatic carbocycles. The molecule has 1 atom stereocenters. The van der Waals surface area contributed by atoms with Gasteiger partial charge in [-0.1, -0.05) is 47.6 Å². The van der Waals surface area contributed by atoms with Gasteiger partial charge < -0.3 is 4.74 Å². The lowest BCUT2D eigenvalue weighted by Gasteiger charge is -2.15. The fourth-order valence-corrected chi connectivity index (χ4v) is 3.46. The van der Waals surface area contributed by atoms with Gasteiger partial charge in [0.1, 0.15) is 5.75 Å². The third-order valence-electron chi connectivity index (χ3n) is 3.85. The first-order chi connectivity index (χ1) is 12.6. The summed E-state index contributed by atoms with van der Waals surface area (Å²) in [6.45, 7) is 2.33. The summed E-state index contributed by atoms with van der Waals surface area (Å²) >= 11 is 7.28. The van der Waals surface area contributed by atoms with E-state index >= 15 is 0 Å². The number of ether oxygens (including phenoxy) is 1. The number of hydrogen-bond donors (Lipinski definition) is 0. The van der Waals surface area contributed by atoms with Crippen LogP contribution in [0.5, 0.6) is 5.75 Å². The highest BCUT2D eigenvalue weighted by molar-refractivity contribution is 8.15. The Labute approximate surface area is 161 Å². The predicted molar refractivity (Wildman–Crippen MR) is 107 cm³/mol. The third-order valence-corrected chi connectivity index (χ3v) is 5.17. The van der Waals surface area contributed by atoms with Crippen LogP contribution in [0.3, 0.4) is 0 Å². The molecule has 7 heteroatoms. The smallest absolute Gasteiger partial charge is 0.242 e. The van der Waals surface area contributed by atoms with E-state index in [-0.39, 0.29) is 11.2 Å². The van der Waals surface area contributed by atoms with Crippen LogP contribution in [0.15, 0.2) is 58.7 Å². The molecule has 134 valence electrons. The van der Waals surface area contributed by atoms with Crippen LogP contribution in [0.2, 0.25) is 5.02 Å². The normalized spacial score (nSPS) is 18.9. The van der Waals surface area contributed by atoms with Gasteiger partial charge in [0.25, 0.3) is 0 Å². The van der Waals surface area contributed by atoms with Gasteiger partial charge in [-0.25, -0.2) is 0 Å². The van der Waals surface area contributed by atoms with Crippen LogP contribution in [-0.2, 0) is 11.3 Å². The van der Waals surface area contributed by atoms with Gasteiger partial charge in [-0.05, 0) is 42.3 Å². The summed E-state index contributed by atoms with van der Waals surface area (Å²) in [5.41, 5.74) is 1.89. The van der Waals surface area contributed by atoms with E-state index in [1.54, 1.807) is 30.4 Å². The van der Waals surface area contributed by atoms with E-state index in [2.05, 4.69) is 10.2 Å². The molecule has 1 aliphatic heterocycles. The number of methoxy groups -OCH3 is 1. The van der Waals surface area contributed by atoms with Crippen LogP contribution >= 0.6 is 23.4 Å². The minimum absolute atomic E-state index is 0.0336. The molecule has 1 saturated heterocycles. The van der Waals surface area contributed by atoms with Gasteiger partial charge in [0.15, 0.2) is 5.17 Å². The van der Waals surface area contributed by atoms with Gasteiger partial charge >= 0.3 is 0 Å². The molecule has 2 aromatic rings. The minimum Gasteiger partial charge on any atom is -0.497 e. The molecule has 0 radical (unpaired) electrons. The van der Waals surface area contributed by atoms with Crippen molar-refractivity contribution in [2.75, 3.05) is 7.11 Å². The summed E-state index contributed by atoms with van der Waals surface area (Å²) < 4.78 is 5.17. The zero-order valence-electron chi connectivity index (χ0n) is 14.4. The maximum absolute atomic E-state index is 12.4. The van der Waals surface area contributed by atoms with E-state index in [0.29, 0.717) is 16.7 Å². The lowest BCUT2D eigenvalue weighted by Crippen LogP contribution is -2.30. The molecule has 1 aliphatic rings. The van der Waals surface area contributed by atoms with Gasteiger partial charge in [-0.15, -0.1) is 5.10 Å². The monoisotopic (exact) mass is 387 g/mol. The molecule has 0 aromatic heterocycles. The Morgan fingerprint density at radius 3 is 2.54 bits per heavy atom. The Balaban J connectivity index is 1.75. The van der Waals surface area contributed by atoms with Gasteiger partial charge in [0, 0.05) is 5.02 Å². The highest BCUT2D eigenvalue weighted by Crippen LogP contribution is 2.28. The maximum atomic E-state index is 12.4. The van der Waals surface area contributed by atoms with Crippen molar-refractivity contribution < 1.29 is 9.53 Å². The molecular weight excluding hydrogens is 370 g/mol. The molecule has 0 aliphatic carbocycles. The zero-order valence-corrected chi connectivity index (χ0v) is 16.0. The summed E-state index contributed by atoms with van der Waals surface area (Å²) in [5.74, 6) is 0.817. The van der Waals surface area contributed by atoms with Crippen LogP contribution in [0.4, 0.5) is 0 Å². The number of hydrogen-bond acceptors (Lipinski definition) is 5. The Kier molecular flexibility index (Phi) is 5.96. The van der Waals surface area contributed by atoms with E-state index < -0.39 is 0 Å². The molecule has 0 saturated carbocycles. The molecule has 26 heavy (non-hydrogen) atoms. The summed E-state index contributed by atoms with van der Waals surface area (Å²) in [7, 11) is 1.63. The lowest BCUT2D eigenvalue weighted by molar-refractivity contribution is -0.126. The Morgan fingerprint density at radius 1 is 1.19 bits per heavy atom. The highest BCUT2D eigenvalue weighted by atomic mass is 35.5. The first-order valence-electron chi connectivity index (χ1n) is 8.04. The molecule has 1 unspecified atom stereocenters. The van der Waals surface area contributed by atoms with Gasteiger partial charge in [0.2, 0.25) is 5.91 Å². The first-order valence-corrected chi connectivity index (χ1v) is 9.30. The van der Waals surface area contributed by atoms with Gasteiger partial charge in [-0.3, -0.25) is 9.69 Å². The molecule has 5 nitrogen and oxygen atoms in total. The third kappa shape index (κ3) is 4.45. The van der Waals surface area contributed by atoms with Gasteiger partial charge in [0.05, 0.1) is 25.1 Å². The van der Waals surface area contributed by atoms with E-state index in [9.17, 15) is 4.79 Å². The van der Waals surface area contributed by atoms with Crippen molar-refractivity contribution in [3.63, 3.8) is 0 Å². The van der Waals surface area contributed by atoms with Crippen molar-refractivity contribution in [2.24, 2.45) is 10.2 Å². The lowest BCUT2D eigenvalue weighted by atomic mass is 10.2. The maximum Gasteiger partial charge on any atom is 0.242 e. The van der Waals surface area contributed by atoms with E-state index in [1.807, 2.05) is 43.3 Å². The molecule has 1 fully saturated rings. The standard InChI is InChI=1S/C19H18ClN3O2S/c1-13-18(24)23(12-15-5-9-17(25-2)10-6-15)19(26-13)22-21-11-14-3-7-16(20)8-4-14/h3-11,13H,12H2,1-2H3/b21-11+,22-19+. The molecule has 0 N–H and O–H groups in total. The number of nitrogens with zero attached hydrogens (tertiary/aromatic N) is 3. The molecule has 0 spiro atoms. The average Bonchev–Trinajstić information content (AvgIpc) is 2.92. The number of rotatable bonds is 5. The summed E-state index contributed by atoms with van der Waals surface area (Å²) in [4.78, 5) is 14.1. The quantitative estimate of drug-likeness (QED) is 0.570. The van der Waals surface area contributed by atoms with Crippen molar-refractivity contribution >= 4 is 40.7 Å². The van der Waals surface area contributed by atoms with Crippen LogP contribution in [0.25, 0.3) is 0 Å². The number of carbonyl (C=O) groups is 1. The highest BCUT2D eigenvalue weighted by Gasteiger charge is 2.35. The molecule has 3 rings (SSSR count). The fraction of sp³-hybridized carbons (Fsp3) is 0.211. The molecule has 0 bridgehead atoms. The fourth-order valence-electron chi connectivity index (χ4n) is 2.42. The number of amidine groups is 1. The summed E-state index contributed by atoms with van der Waals surface area (Å²) in [6.07, 6.45) is 1.64. The number of thioether (sulfide) groups is 1. The van der Waals surface area contributed by atoms with Crippen LogP contribution in [0, 0.1) is 0 Å². The summed E-state index contributed by atoms with van der Waals surface area (Å²) in [6, 6.07) is 14.9. The van der Waals surface area contributed by atoms with Crippen LogP contribution < -0.4 is 4.74 Å². The number of carbonyl (C=O) groups excluding carboxylic acids is 1. The topological polar surface area (TPSA) is 54.3 Å². The largest absolute Gasteiger partial charge is 0.497 e. The second-order valence-electron chi connectivity index (χ2n) is 5.71. The molecule has 1 heterocycles. The predicted octanol–water partition coefficient (Wildman–Crippen LogP) is 4.20. The van der Waals surface area contributed by atoms with E-state index in [4.69, 9.17) is 16.3 Å².